The lowest BCUT2D eigenvalue weighted by molar-refractivity contribution is 0.103. The third-order valence-electron chi connectivity index (χ3n) is 2.91. The molecule has 0 amide bonds. The molecule has 0 spiro atoms. The van der Waals surface area contributed by atoms with Crippen LogP contribution in [-0.4, -0.2) is 20.0 Å². The lowest BCUT2D eigenvalue weighted by atomic mass is 10.0. The van der Waals surface area contributed by atoms with Crippen LogP contribution in [0, 0.1) is 11.6 Å². The third-order valence-corrected chi connectivity index (χ3v) is 3.27. The topological polar surface area (TPSA) is 35.5 Å². The molecule has 3 nitrogen and oxygen atoms in total. The number of ketones is 1. The van der Waals surface area contributed by atoms with Crippen LogP contribution in [0.4, 0.5) is 8.78 Å². The zero-order chi connectivity index (χ0) is 15.6. The number of benzene rings is 2. The Balaban J connectivity index is 2.52. The maximum atomic E-state index is 13.2. The molecule has 0 aliphatic rings. The molecule has 0 radical (unpaired) electrons. The lowest BCUT2D eigenvalue weighted by Crippen LogP contribution is -2.06. The molecule has 110 valence electrons. The van der Waals surface area contributed by atoms with E-state index in [0.717, 1.165) is 12.1 Å². The second-order valence-corrected chi connectivity index (χ2v) is 4.50. The molecule has 0 saturated heterocycles. The number of carbonyl (C=O) groups excluding carboxylic acids is 1. The largest absolute Gasteiger partial charge is 0.495 e. The molecule has 2 aromatic carbocycles. The summed E-state index contributed by atoms with van der Waals surface area (Å²) in [5.41, 5.74) is 0.128. The molecule has 0 aliphatic carbocycles. The predicted molar refractivity (Wildman–Crippen MR) is 74.3 cm³/mol. The lowest BCUT2D eigenvalue weighted by Gasteiger charge is -2.12. The van der Waals surface area contributed by atoms with E-state index in [9.17, 15) is 13.6 Å². The van der Waals surface area contributed by atoms with Crippen molar-refractivity contribution in [3.05, 3.63) is 58.1 Å². The van der Waals surface area contributed by atoms with Gasteiger partial charge in [0.05, 0.1) is 19.8 Å². The van der Waals surface area contributed by atoms with Gasteiger partial charge in [-0.2, -0.15) is 0 Å². The summed E-state index contributed by atoms with van der Waals surface area (Å²) in [5.74, 6) is -2.19. The van der Waals surface area contributed by atoms with Gasteiger partial charge in [0.15, 0.2) is 23.2 Å². The first-order chi connectivity index (χ1) is 9.99. The van der Waals surface area contributed by atoms with Crippen molar-refractivity contribution in [2.75, 3.05) is 14.2 Å². The van der Waals surface area contributed by atoms with Gasteiger partial charge in [-0.3, -0.25) is 4.79 Å². The molecule has 0 aromatic heterocycles. The maximum Gasteiger partial charge on any atom is 0.196 e. The minimum atomic E-state index is -1.10. The highest BCUT2D eigenvalue weighted by atomic mass is 35.5. The molecule has 2 rings (SSSR count). The summed E-state index contributed by atoms with van der Waals surface area (Å²) in [5, 5.41) is 0.133. The van der Waals surface area contributed by atoms with Crippen LogP contribution in [0.2, 0.25) is 5.02 Å². The number of hydrogen-bond acceptors (Lipinski definition) is 3. The van der Waals surface area contributed by atoms with Crippen LogP contribution in [0.5, 0.6) is 11.5 Å². The Morgan fingerprint density at radius 3 is 2.33 bits per heavy atom. The van der Waals surface area contributed by atoms with Crippen molar-refractivity contribution >= 4 is 17.4 Å². The first-order valence-corrected chi connectivity index (χ1v) is 6.27. The fourth-order valence-corrected chi connectivity index (χ4v) is 2.19. The Hall–Kier alpha value is -2.14. The van der Waals surface area contributed by atoms with E-state index in [2.05, 4.69) is 0 Å². The first kappa shape index (κ1) is 15.3. The van der Waals surface area contributed by atoms with Crippen LogP contribution in [0.3, 0.4) is 0 Å². The van der Waals surface area contributed by atoms with Crippen molar-refractivity contribution in [1.29, 1.82) is 0 Å². The third kappa shape index (κ3) is 2.83. The first-order valence-electron chi connectivity index (χ1n) is 5.89. The zero-order valence-corrected chi connectivity index (χ0v) is 12.0. The van der Waals surface area contributed by atoms with Crippen LogP contribution in [0.15, 0.2) is 30.3 Å². The van der Waals surface area contributed by atoms with E-state index in [1.807, 2.05) is 0 Å². The van der Waals surface area contributed by atoms with Crippen LogP contribution in [0.25, 0.3) is 0 Å². The highest BCUT2D eigenvalue weighted by Gasteiger charge is 2.20. The summed E-state index contributed by atoms with van der Waals surface area (Å²) >= 11 is 6.07. The number of hydrogen-bond donors (Lipinski definition) is 0. The average molecular weight is 313 g/mol. The molecule has 0 bridgehead atoms. The Labute approximate surface area is 125 Å². The van der Waals surface area contributed by atoms with Gasteiger partial charge in [-0.1, -0.05) is 11.6 Å². The van der Waals surface area contributed by atoms with Gasteiger partial charge in [0.25, 0.3) is 0 Å². The molecular formula is C15H11ClF2O3. The molecule has 0 fully saturated rings. The van der Waals surface area contributed by atoms with Gasteiger partial charge in [0.1, 0.15) is 10.8 Å². The van der Waals surface area contributed by atoms with E-state index in [4.69, 9.17) is 21.1 Å². The highest BCUT2D eigenvalue weighted by Crippen LogP contribution is 2.37. The number of methoxy groups -OCH3 is 2. The molecule has 0 saturated carbocycles. The second kappa shape index (κ2) is 6.10. The normalized spacial score (nSPS) is 10.3. The summed E-state index contributed by atoms with van der Waals surface area (Å²) in [4.78, 5) is 12.4. The maximum absolute atomic E-state index is 13.2. The van der Waals surface area contributed by atoms with Crippen LogP contribution in [-0.2, 0) is 0 Å². The Morgan fingerprint density at radius 1 is 1.05 bits per heavy atom. The summed E-state index contributed by atoms with van der Waals surface area (Å²) in [6.45, 7) is 0. The van der Waals surface area contributed by atoms with Gasteiger partial charge in [-0.25, -0.2) is 8.78 Å². The quantitative estimate of drug-likeness (QED) is 0.804. The van der Waals surface area contributed by atoms with Gasteiger partial charge < -0.3 is 9.47 Å². The number of ether oxygens (including phenoxy) is 2. The van der Waals surface area contributed by atoms with Crippen LogP contribution < -0.4 is 9.47 Å². The Kier molecular flexibility index (Phi) is 4.43. The monoisotopic (exact) mass is 312 g/mol. The molecule has 0 N–H and O–H groups in total. The van der Waals surface area contributed by atoms with Gasteiger partial charge in [0.2, 0.25) is 0 Å². The molecule has 0 aliphatic heterocycles. The van der Waals surface area contributed by atoms with Crippen LogP contribution >= 0.6 is 11.6 Å². The molecule has 21 heavy (non-hydrogen) atoms. The zero-order valence-electron chi connectivity index (χ0n) is 11.2. The second-order valence-electron chi connectivity index (χ2n) is 4.12. The van der Waals surface area contributed by atoms with Gasteiger partial charge in [-0.05, 0) is 30.3 Å². The summed E-state index contributed by atoms with van der Waals surface area (Å²) in [6.07, 6.45) is 0. The van der Waals surface area contributed by atoms with Crippen molar-refractivity contribution in [2.45, 2.75) is 0 Å². The van der Waals surface area contributed by atoms with E-state index >= 15 is 0 Å². The molecule has 6 heteroatoms. The fraction of sp³-hybridized carbons (Fsp3) is 0.133. The van der Waals surface area contributed by atoms with Gasteiger partial charge >= 0.3 is 0 Å². The Morgan fingerprint density at radius 2 is 1.76 bits per heavy atom. The van der Waals surface area contributed by atoms with E-state index < -0.39 is 17.4 Å². The van der Waals surface area contributed by atoms with Gasteiger partial charge in [-0.15, -0.1) is 0 Å². The van der Waals surface area contributed by atoms with Crippen molar-refractivity contribution in [2.24, 2.45) is 0 Å². The van der Waals surface area contributed by atoms with Crippen LogP contribution in [0.1, 0.15) is 15.9 Å². The molecule has 0 atom stereocenters. The average Bonchev–Trinajstić information content (AvgIpc) is 2.49. The summed E-state index contributed by atoms with van der Waals surface area (Å²) < 4.78 is 36.3. The molecular weight excluding hydrogens is 302 g/mol. The number of rotatable bonds is 4. The van der Waals surface area contributed by atoms with E-state index in [0.29, 0.717) is 5.75 Å². The number of halogens is 3. The highest BCUT2D eigenvalue weighted by molar-refractivity contribution is 6.34. The number of carbonyl (C=O) groups is 1. The SMILES string of the molecule is COc1ccc(C(=O)c2ccc(F)c(F)c2)c(OC)c1Cl. The van der Waals surface area contributed by atoms with Crippen molar-refractivity contribution in [1.82, 2.24) is 0 Å². The van der Waals surface area contributed by atoms with E-state index in [1.165, 1.54) is 32.4 Å². The molecule has 0 heterocycles. The van der Waals surface area contributed by atoms with Gasteiger partial charge in [0, 0.05) is 5.56 Å². The minimum Gasteiger partial charge on any atom is -0.495 e. The predicted octanol–water partition coefficient (Wildman–Crippen LogP) is 3.87. The Bertz CT molecular complexity index is 702. The summed E-state index contributed by atoms with van der Waals surface area (Å²) in [6, 6.07) is 5.86. The minimum absolute atomic E-state index is 0.00608. The van der Waals surface area contributed by atoms with Crippen molar-refractivity contribution in [3.8, 4) is 11.5 Å². The fourth-order valence-electron chi connectivity index (χ4n) is 1.87. The smallest absolute Gasteiger partial charge is 0.196 e. The molecule has 0 unspecified atom stereocenters. The van der Waals surface area contributed by atoms with Crippen molar-refractivity contribution < 1.29 is 23.0 Å². The van der Waals surface area contributed by atoms with Crippen molar-refractivity contribution in [3.63, 3.8) is 0 Å². The summed E-state index contributed by atoms with van der Waals surface area (Å²) in [7, 11) is 2.78. The van der Waals surface area contributed by atoms with E-state index in [-0.39, 0.29) is 21.9 Å². The molecule has 2 aromatic rings. The standard InChI is InChI=1S/C15H11ClF2O3/c1-20-12-6-4-9(15(21-2)13(12)16)14(19)8-3-5-10(17)11(18)7-8/h3-7H,1-2H3. The van der Waals surface area contributed by atoms with E-state index in [1.54, 1.807) is 0 Å².